The Bertz CT molecular complexity index is 598. The fourth-order valence-electron chi connectivity index (χ4n) is 1.86. The second kappa shape index (κ2) is 6.25. The third kappa shape index (κ3) is 3.19. The topological polar surface area (TPSA) is 68.0 Å². The quantitative estimate of drug-likeness (QED) is 0.821. The lowest BCUT2D eigenvalue weighted by Crippen LogP contribution is -2.21. The average Bonchev–Trinajstić information content (AvgIpc) is 2.47. The van der Waals surface area contributed by atoms with Crippen LogP contribution in [0.25, 0.3) is 0 Å². The molecule has 1 unspecified atom stereocenters. The molecule has 1 aromatic carbocycles. The minimum atomic E-state index is -0.791. The average molecular weight is 273 g/mol. The van der Waals surface area contributed by atoms with Crippen LogP contribution in [0.4, 0.5) is 10.2 Å². The van der Waals surface area contributed by atoms with Gasteiger partial charge in [-0.25, -0.2) is 9.37 Å². The molecule has 0 saturated carbocycles. The van der Waals surface area contributed by atoms with Crippen LogP contribution in [0.5, 0.6) is 0 Å². The molecule has 0 fully saturated rings. The molecule has 0 aliphatic rings. The van der Waals surface area contributed by atoms with Crippen molar-refractivity contribution in [3.63, 3.8) is 0 Å². The number of nitrogens with one attached hydrogen (secondary N) is 1. The van der Waals surface area contributed by atoms with Crippen LogP contribution in [-0.4, -0.2) is 17.3 Å². The highest BCUT2D eigenvalue weighted by atomic mass is 19.1. The van der Waals surface area contributed by atoms with Crippen molar-refractivity contribution >= 4 is 11.6 Å². The number of ketones is 1. The van der Waals surface area contributed by atoms with Crippen LogP contribution >= 0.6 is 0 Å². The summed E-state index contributed by atoms with van der Waals surface area (Å²) in [6.07, 6.45) is 1.60. The molecule has 0 saturated heterocycles. The first kappa shape index (κ1) is 14.1. The van der Waals surface area contributed by atoms with Crippen molar-refractivity contribution < 1.29 is 9.18 Å². The summed E-state index contributed by atoms with van der Waals surface area (Å²) in [4.78, 5) is 16.4. The molecule has 0 radical (unpaired) electrons. The number of aromatic nitrogens is 1. The third-order valence-corrected chi connectivity index (χ3v) is 2.91. The summed E-state index contributed by atoms with van der Waals surface area (Å²) in [5, 5.41) is 3.06. The van der Waals surface area contributed by atoms with E-state index in [1.54, 1.807) is 18.3 Å². The fraction of sp³-hybridized carbons (Fsp3) is 0.200. The van der Waals surface area contributed by atoms with E-state index < -0.39 is 6.04 Å². The normalized spacial score (nSPS) is 11.9. The van der Waals surface area contributed by atoms with Gasteiger partial charge in [0.15, 0.2) is 5.78 Å². The number of hydrogen-bond acceptors (Lipinski definition) is 4. The van der Waals surface area contributed by atoms with Crippen LogP contribution < -0.4 is 11.1 Å². The zero-order valence-corrected chi connectivity index (χ0v) is 11.1. The van der Waals surface area contributed by atoms with Gasteiger partial charge in [-0.1, -0.05) is 0 Å². The molecule has 4 nitrogen and oxygen atoms in total. The Kier molecular flexibility index (Phi) is 4.42. The Labute approximate surface area is 116 Å². The van der Waals surface area contributed by atoms with E-state index in [9.17, 15) is 9.18 Å². The number of rotatable bonds is 5. The number of carbonyl (C=O) groups is 1. The predicted octanol–water partition coefficient (Wildman–Crippen LogP) is 2.54. The molecule has 1 atom stereocenters. The number of nitrogens with zero attached hydrogens (tertiary/aromatic N) is 1. The van der Waals surface area contributed by atoms with E-state index in [0.29, 0.717) is 16.9 Å². The predicted molar refractivity (Wildman–Crippen MR) is 76.1 cm³/mol. The molecule has 104 valence electrons. The summed E-state index contributed by atoms with van der Waals surface area (Å²) < 4.78 is 12.9. The van der Waals surface area contributed by atoms with E-state index in [1.165, 1.54) is 24.3 Å². The standard InChI is InChI=1S/C15H16FN3O/c1-2-18-13-9-11(7-8-19-13)14(17)15(20)10-3-5-12(16)6-4-10/h3-9,14H,2,17H2,1H3,(H,18,19). The van der Waals surface area contributed by atoms with Crippen LogP contribution in [0.3, 0.4) is 0 Å². The highest BCUT2D eigenvalue weighted by Gasteiger charge is 2.18. The summed E-state index contributed by atoms with van der Waals surface area (Å²) in [7, 11) is 0. The molecule has 0 bridgehead atoms. The summed E-state index contributed by atoms with van der Waals surface area (Å²) in [5.74, 6) is 0.0412. The van der Waals surface area contributed by atoms with Gasteiger partial charge in [-0.15, -0.1) is 0 Å². The first-order valence-electron chi connectivity index (χ1n) is 6.37. The number of anilines is 1. The van der Waals surface area contributed by atoms with Gasteiger partial charge in [0.2, 0.25) is 0 Å². The molecule has 1 heterocycles. The minimum absolute atomic E-state index is 0.251. The monoisotopic (exact) mass is 273 g/mol. The minimum Gasteiger partial charge on any atom is -0.370 e. The van der Waals surface area contributed by atoms with Gasteiger partial charge in [0.05, 0.1) is 6.04 Å². The maximum absolute atomic E-state index is 12.9. The van der Waals surface area contributed by atoms with Crippen molar-refractivity contribution in [2.75, 3.05) is 11.9 Å². The SMILES string of the molecule is CCNc1cc(C(N)C(=O)c2ccc(F)cc2)ccn1. The second-order valence-electron chi connectivity index (χ2n) is 4.35. The maximum atomic E-state index is 12.9. The molecule has 5 heteroatoms. The number of benzene rings is 1. The van der Waals surface area contributed by atoms with E-state index >= 15 is 0 Å². The maximum Gasteiger partial charge on any atom is 0.184 e. The first-order chi connectivity index (χ1) is 9.61. The number of halogens is 1. The molecular formula is C15H16FN3O. The third-order valence-electron chi connectivity index (χ3n) is 2.91. The zero-order chi connectivity index (χ0) is 14.5. The van der Waals surface area contributed by atoms with Crippen molar-refractivity contribution in [1.29, 1.82) is 0 Å². The van der Waals surface area contributed by atoms with E-state index in [1.807, 2.05) is 6.92 Å². The lowest BCUT2D eigenvalue weighted by molar-refractivity contribution is 0.0961. The van der Waals surface area contributed by atoms with E-state index in [4.69, 9.17) is 5.73 Å². The zero-order valence-electron chi connectivity index (χ0n) is 11.1. The van der Waals surface area contributed by atoms with E-state index in [2.05, 4.69) is 10.3 Å². The van der Waals surface area contributed by atoms with Crippen LogP contribution in [0, 0.1) is 5.82 Å². The number of carbonyl (C=O) groups excluding carboxylic acids is 1. The Balaban J connectivity index is 2.21. The molecule has 0 aliphatic heterocycles. The fourth-order valence-corrected chi connectivity index (χ4v) is 1.86. The van der Waals surface area contributed by atoms with Gasteiger partial charge in [-0.2, -0.15) is 0 Å². The van der Waals surface area contributed by atoms with Gasteiger partial charge in [0.1, 0.15) is 11.6 Å². The Morgan fingerprint density at radius 2 is 2.05 bits per heavy atom. The Morgan fingerprint density at radius 1 is 1.35 bits per heavy atom. The van der Waals surface area contributed by atoms with Crippen LogP contribution in [0.15, 0.2) is 42.6 Å². The molecule has 0 aliphatic carbocycles. The van der Waals surface area contributed by atoms with Crippen LogP contribution in [0.1, 0.15) is 28.9 Å². The van der Waals surface area contributed by atoms with E-state index in [0.717, 1.165) is 6.54 Å². The van der Waals surface area contributed by atoms with Gasteiger partial charge in [-0.05, 0) is 48.9 Å². The summed E-state index contributed by atoms with van der Waals surface area (Å²) in [6.45, 7) is 2.69. The van der Waals surface area contributed by atoms with Crippen molar-refractivity contribution in [3.8, 4) is 0 Å². The lowest BCUT2D eigenvalue weighted by Gasteiger charge is -2.12. The largest absolute Gasteiger partial charge is 0.370 e. The molecule has 20 heavy (non-hydrogen) atoms. The van der Waals surface area contributed by atoms with Crippen molar-refractivity contribution in [2.45, 2.75) is 13.0 Å². The molecule has 2 aromatic rings. The molecule has 3 N–H and O–H groups in total. The number of nitrogens with two attached hydrogens (primary N) is 1. The molecule has 2 rings (SSSR count). The molecular weight excluding hydrogens is 257 g/mol. The smallest absolute Gasteiger partial charge is 0.184 e. The Hall–Kier alpha value is -2.27. The summed E-state index contributed by atoms with van der Waals surface area (Å²) in [5.41, 5.74) is 7.04. The van der Waals surface area contributed by atoms with Crippen molar-refractivity contribution in [1.82, 2.24) is 4.98 Å². The Morgan fingerprint density at radius 3 is 2.70 bits per heavy atom. The number of hydrogen-bond donors (Lipinski definition) is 2. The number of Topliss-reactive ketones (excluding diaryl/α,β-unsaturated/α-hetero) is 1. The van der Waals surface area contributed by atoms with Gasteiger partial charge in [0, 0.05) is 18.3 Å². The lowest BCUT2D eigenvalue weighted by atomic mass is 9.99. The van der Waals surface area contributed by atoms with Crippen molar-refractivity contribution in [2.24, 2.45) is 5.73 Å². The van der Waals surface area contributed by atoms with Crippen LogP contribution in [0.2, 0.25) is 0 Å². The van der Waals surface area contributed by atoms with E-state index in [-0.39, 0.29) is 11.6 Å². The summed E-state index contributed by atoms with van der Waals surface area (Å²) >= 11 is 0. The molecule has 1 aromatic heterocycles. The highest BCUT2D eigenvalue weighted by molar-refractivity contribution is 6.00. The van der Waals surface area contributed by atoms with Crippen LogP contribution in [-0.2, 0) is 0 Å². The summed E-state index contributed by atoms with van der Waals surface area (Å²) in [6, 6.07) is 8.02. The van der Waals surface area contributed by atoms with Gasteiger partial charge < -0.3 is 11.1 Å². The molecule has 0 amide bonds. The number of pyridine rings is 1. The van der Waals surface area contributed by atoms with Gasteiger partial charge in [0.25, 0.3) is 0 Å². The molecule has 0 spiro atoms. The van der Waals surface area contributed by atoms with Gasteiger partial charge >= 0.3 is 0 Å². The first-order valence-corrected chi connectivity index (χ1v) is 6.37. The van der Waals surface area contributed by atoms with Crippen molar-refractivity contribution in [3.05, 3.63) is 59.5 Å². The highest BCUT2D eigenvalue weighted by Crippen LogP contribution is 2.18. The second-order valence-corrected chi connectivity index (χ2v) is 4.35. The van der Waals surface area contributed by atoms with Gasteiger partial charge in [-0.3, -0.25) is 4.79 Å².